The third-order valence-electron chi connectivity index (χ3n) is 4.15. The second-order valence-corrected chi connectivity index (χ2v) is 5.77. The zero-order chi connectivity index (χ0) is 15.5. The lowest BCUT2D eigenvalue weighted by atomic mass is 10.0. The van der Waals surface area contributed by atoms with Gasteiger partial charge in [0.05, 0.1) is 6.54 Å². The lowest BCUT2D eigenvalue weighted by Crippen LogP contribution is -2.29. The predicted molar refractivity (Wildman–Crippen MR) is 90.9 cm³/mol. The van der Waals surface area contributed by atoms with Gasteiger partial charge in [-0.15, -0.1) is 0 Å². The van der Waals surface area contributed by atoms with Crippen molar-refractivity contribution in [2.75, 3.05) is 11.4 Å². The average Bonchev–Trinajstić information content (AvgIpc) is 3.09. The summed E-state index contributed by atoms with van der Waals surface area (Å²) in [6.45, 7) is 1.84. The number of aromatic nitrogens is 2. The Kier molecular flexibility index (Phi) is 3.72. The molecule has 116 valence electrons. The Morgan fingerprint density at radius 2 is 2.00 bits per heavy atom. The van der Waals surface area contributed by atoms with Crippen LogP contribution in [0, 0.1) is 0 Å². The molecule has 4 nitrogen and oxygen atoms in total. The van der Waals surface area contributed by atoms with Crippen LogP contribution in [0.5, 0.6) is 11.5 Å². The van der Waals surface area contributed by atoms with Crippen molar-refractivity contribution in [3.63, 3.8) is 0 Å². The molecule has 3 aromatic rings. The molecule has 4 rings (SSSR count). The molecule has 0 bridgehead atoms. The maximum atomic E-state index is 5.98. The highest BCUT2D eigenvalue weighted by Crippen LogP contribution is 2.33. The summed E-state index contributed by atoms with van der Waals surface area (Å²) in [5.74, 6) is 2.73. The van der Waals surface area contributed by atoms with E-state index in [1.807, 2.05) is 36.5 Å². The molecule has 1 N–H and O–H groups in total. The Bertz CT molecular complexity index is 769. The molecule has 0 aliphatic carbocycles. The number of ether oxygens (including phenoxy) is 1. The number of anilines is 1. The van der Waals surface area contributed by atoms with Crippen molar-refractivity contribution < 1.29 is 4.74 Å². The van der Waals surface area contributed by atoms with Crippen LogP contribution in [-0.4, -0.2) is 16.5 Å². The van der Waals surface area contributed by atoms with E-state index in [1.54, 1.807) is 6.20 Å². The third-order valence-corrected chi connectivity index (χ3v) is 4.15. The van der Waals surface area contributed by atoms with Gasteiger partial charge < -0.3 is 14.6 Å². The van der Waals surface area contributed by atoms with Gasteiger partial charge >= 0.3 is 0 Å². The van der Waals surface area contributed by atoms with Gasteiger partial charge in [0.25, 0.3) is 0 Å². The fourth-order valence-electron chi connectivity index (χ4n) is 3.05. The topological polar surface area (TPSA) is 41.1 Å². The molecule has 0 saturated heterocycles. The molecule has 0 fully saturated rings. The van der Waals surface area contributed by atoms with E-state index in [0.717, 1.165) is 36.8 Å². The van der Waals surface area contributed by atoms with Crippen LogP contribution in [0.3, 0.4) is 0 Å². The number of rotatable bonds is 4. The Morgan fingerprint density at radius 3 is 2.83 bits per heavy atom. The minimum atomic E-state index is 0.800. The van der Waals surface area contributed by atoms with E-state index in [9.17, 15) is 0 Å². The fraction of sp³-hybridized carbons (Fsp3) is 0.211. The number of fused-ring (bicyclic) bond motifs is 1. The van der Waals surface area contributed by atoms with Crippen LogP contribution in [0.4, 0.5) is 5.69 Å². The van der Waals surface area contributed by atoms with Gasteiger partial charge in [-0.05, 0) is 36.6 Å². The van der Waals surface area contributed by atoms with E-state index in [4.69, 9.17) is 4.74 Å². The van der Waals surface area contributed by atoms with E-state index in [-0.39, 0.29) is 0 Å². The van der Waals surface area contributed by atoms with Gasteiger partial charge in [-0.1, -0.05) is 24.3 Å². The van der Waals surface area contributed by atoms with Gasteiger partial charge in [-0.25, -0.2) is 4.98 Å². The van der Waals surface area contributed by atoms with Crippen molar-refractivity contribution in [3.8, 4) is 11.5 Å². The highest BCUT2D eigenvalue weighted by atomic mass is 16.5. The SMILES string of the molecule is c1ccc(Oc2ccc3c(c2)N(Cc2ncc[nH]2)CCC3)cc1. The Morgan fingerprint density at radius 1 is 1.09 bits per heavy atom. The zero-order valence-electron chi connectivity index (χ0n) is 12.9. The zero-order valence-corrected chi connectivity index (χ0v) is 12.9. The Labute approximate surface area is 135 Å². The van der Waals surface area contributed by atoms with Crippen LogP contribution in [0.1, 0.15) is 17.8 Å². The third kappa shape index (κ3) is 3.06. The van der Waals surface area contributed by atoms with Crippen molar-refractivity contribution in [2.24, 2.45) is 0 Å². The molecule has 0 radical (unpaired) electrons. The van der Waals surface area contributed by atoms with E-state index < -0.39 is 0 Å². The van der Waals surface area contributed by atoms with Crippen LogP contribution in [-0.2, 0) is 13.0 Å². The number of H-pyrrole nitrogens is 1. The number of hydrogen-bond acceptors (Lipinski definition) is 3. The van der Waals surface area contributed by atoms with E-state index in [1.165, 1.54) is 17.7 Å². The highest BCUT2D eigenvalue weighted by molar-refractivity contribution is 5.59. The molecule has 2 heterocycles. The second kappa shape index (κ2) is 6.16. The first-order valence-corrected chi connectivity index (χ1v) is 7.97. The standard InChI is InChI=1S/C19H19N3O/c1-2-6-16(7-3-1)23-17-9-8-15-5-4-12-22(18(15)13-17)14-19-20-10-11-21-19/h1-3,6-11,13H,4-5,12,14H2,(H,20,21). The van der Waals surface area contributed by atoms with E-state index in [0.29, 0.717) is 0 Å². The number of hydrogen-bond donors (Lipinski definition) is 1. The minimum absolute atomic E-state index is 0.800. The number of imidazole rings is 1. The maximum absolute atomic E-state index is 5.98. The van der Waals surface area contributed by atoms with Crippen molar-refractivity contribution in [2.45, 2.75) is 19.4 Å². The van der Waals surface area contributed by atoms with Gasteiger partial charge in [-0.2, -0.15) is 0 Å². The summed E-state index contributed by atoms with van der Waals surface area (Å²) in [6.07, 6.45) is 5.96. The Hall–Kier alpha value is -2.75. The quantitative estimate of drug-likeness (QED) is 0.787. The summed E-state index contributed by atoms with van der Waals surface area (Å²) in [5, 5.41) is 0. The monoisotopic (exact) mass is 305 g/mol. The first-order valence-electron chi connectivity index (χ1n) is 7.97. The first-order chi connectivity index (χ1) is 11.4. The maximum Gasteiger partial charge on any atom is 0.129 e. The molecule has 2 aromatic carbocycles. The van der Waals surface area contributed by atoms with Crippen LogP contribution in [0.2, 0.25) is 0 Å². The molecule has 0 unspecified atom stereocenters. The van der Waals surface area contributed by atoms with Gasteiger partial charge in [0.15, 0.2) is 0 Å². The van der Waals surface area contributed by atoms with Gasteiger partial charge in [0, 0.05) is 30.7 Å². The van der Waals surface area contributed by atoms with Crippen molar-refractivity contribution in [3.05, 3.63) is 72.3 Å². The van der Waals surface area contributed by atoms with E-state index >= 15 is 0 Å². The largest absolute Gasteiger partial charge is 0.457 e. The summed E-state index contributed by atoms with van der Waals surface area (Å²) >= 11 is 0. The summed E-state index contributed by atoms with van der Waals surface area (Å²) < 4.78 is 5.98. The molecular weight excluding hydrogens is 286 g/mol. The number of aryl methyl sites for hydroxylation is 1. The second-order valence-electron chi connectivity index (χ2n) is 5.77. The number of nitrogens with zero attached hydrogens (tertiary/aromatic N) is 2. The van der Waals surface area contributed by atoms with Crippen LogP contribution < -0.4 is 9.64 Å². The van der Waals surface area contributed by atoms with Crippen molar-refractivity contribution in [1.82, 2.24) is 9.97 Å². The molecule has 0 saturated carbocycles. The molecule has 0 atom stereocenters. The molecule has 1 aliphatic heterocycles. The van der Waals surface area contributed by atoms with E-state index in [2.05, 4.69) is 33.1 Å². The lowest BCUT2D eigenvalue weighted by molar-refractivity contribution is 0.481. The number of aromatic amines is 1. The van der Waals surface area contributed by atoms with Gasteiger partial charge in [0.1, 0.15) is 17.3 Å². The Balaban J connectivity index is 1.60. The molecular formula is C19H19N3O. The molecule has 4 heteroatoms. The van der Waals surface area contributed by atoms with Crippen molar-refractivity contribution >= 4 is 5.69 Å². The molecule has 1 aromatic heterocycles. The molecule has 0 spiro atoms. The van der Waals surface area contributed by atoms with Crippen LogP contribution >= 0.6 is 0 Å². The summed E-state index contributed by atoms with van der Waals surface area (Å²) in [5.41, 5.74) is 2.63. The normalized spacial score (nSPS) is 13.7. The number of benzene rings is 2. The van der Waals surface area contributed by atoms with Crippen LogP contribution in [0.25, 0.3) is 0 Å². The number of nitrogens with one attached hydrogen (secondary N) is 1. The fourth-order valence-corrected chi connectivity index (χ4v) is 3.05. The van der Waals surface area contributed by atoms with Gasteiger partial charge in [0.2, 0.25) is 0 Å². The predicted octanol–water partition coefficient (Wildman–Crippen LogP) is 4.15. The summed E-state index contributed by atoms with van der Waals surface area (Å²) in [4.78, 5) is 9.90. The van der Waals surface area contributed by atoms with Crippen molar-refractivity contribution in [1.29, 1.82) is 0 Å². The molecule has 1 aliphatic rings. The smallest absolute Gasteiger partial charge is 0.129 e. The molecule has 23 heavy (non-hydrogen) atoms. The summed E-state index contributed by atoms with van der Waals surface area (Å²) in [6, 6.07) is 16.3. The highest BCUT2D eigenvalue weighted by Gasteiger charge is 2.18. The van der Waals surface area contributed by atoms with Gasteiger partial charge in [-0.3, -0.25) is 0 Å². The first kappa shape index (κ1) is 13.9. The van der Waals surface area contributed by atoms with Crippen LogP contribution in [0.15, 0.2) is 60.9 Å². The molecule has 0 amide bonds. The summed E-state index contributed by atoms with van der Waals surface area (Å²) in [7, 11) is 0. The minimum Gasteiger partial charge on any atom is -0.457 e. The number of para-hydroxylation sites is 1. The average molecular weight is 305 g/mol. The lowest BCUT2D eigenvalue weighted by Gasteiger charge is -2.31.